The minimum absolute atomic E-state index is 0.0146. The van der Waals surface area contributed by atoms with Gasteiger partial charge in [-0.2, -0.15) is 0 Å². The molecule has 11 atom stereocenters. The van der Waals surface area contributed by atoms with Crippen LogP contribution in [0.4, 0.5) is 0 Å². The lowest BCUT2D eigenvalue weighted by molar-refractivity contribution is -0.0458. The summed E-state index contributed by atoms with van der Waals surface area (Å²) in [5, 5.41) is 21.5. The maximum atomic E-state index is 11.1. The summed E-state index contributed by atoms with van der Waals surface area (Å²) in [4.78, 5) is 2.51. The van der Waals surface area contributed by atoms with E-state index in [1.54, 1.807) is 11.1 Å². The van der Waals surface area contributed by atoms with Crippen LogP contribution in [0.3, 0.4) is 0 Å². The van der Waals surface area contributed by atoms with Crippen LogP contribution in [0, 0.1) is 46.3 Å². The highest BCUT2D eigenvalue weighted by molar-refractivity contribution is 5.31. The molecule has 4 nitrogen and oxygen atoms in total. The summed E-state index contributed by atoms with van der Waals surface area (Å²) in [6.07, 6.45) is 21.9. The number of fused-ring (bicyclic) bond motifs is 5. The molecule has 0 aromatic carbocycles. The van der Waals surface area contributed by atoms with E-state index in [1.807, 2.05) is 0 Å². The molecule has 0 aliphatic heterocycles. The molecule has 284 valence electrons. The standard InChI is InChI=1S/C46H77NO3/c1-12-15-16-44(31(4)14-3)47(26-13-2)27-23-32(5)33(6)28-39(49)30-50-36(9)34(7)35(8)41-19-20-42-40-18-17-37-29-38(48)21-24-45(37,10)43(40)22-25-46(41,42)11/h12,15-17,32-33,36,38-43,48-49H,4,13-14,18-30H2,1-3,5-11H3. The molecule has 4 aliphatic carbocycles. The molecule has 0 amide bonds. The average Bonchev–Trinajstić information content (AvgIpc) is 3.45. The van der Waals surface area contributed by atoms with Gasteiger partial charge in [0.2, 0.25) is 0 Å². The summed E-state index contributed by atoms with van der Waals surface area (Å²) in [5.41, 5.74) is 7.60. The Hall–Kier alpha value is -1.62. The highest BCUT2D eigenvalue weighted by Crippen LogP contribution is 2.67. The number of nitrogens with zero attached hydrogens (tertiary/aromatic N) is 1. The Balaban J connectivity index is 1.30. The SMILES string of the molecule is C=C(CC)C(=CC=CC)N(CCC)CCC(C)C(C)CC(O)COC(C)C(C)=C(C)C1CCC2C3CC=C4CC(O)CCC4(C)C3CCC12C. The minimum Gasteiger partial charge on any atom is -0.393 e. The number of aliphatic hydroxyl groups is 2. The van der Waals surface area contributed by atoms with Crippen molar-refractivity contribution < 1.29 is 14.9 Å². The molecule has 0 saturated heterocycles. The quantitative estimate of drug-likeness (QED) is 0.118. The number of aliphatic hydroxyl groups excluding tert-OH is 2. The second-order valence-electron chi connectivity index (χ2n) is 17.8. The highest BCUT2D eigenvalue weighted by atomic mass is 16.5. The first-order valence-corrected chi connectivity index (χ1v) is 20.8. The van der Waals surface area contributed by atoms with Gasteiger partial charge < -0.3 is 19.8 Å². The Morgan fingerprint density at radius 3 is 2.46 bits per heavy atom. The maximum absolute atomic E-state index is 11.1. The third-order valence-corrected chi connectivity index (χ3v) is 14.9. The number of ether oxygens (including phenoxy) is 1. The number of allylic oxidation sites excluding steroid dienone is 6. The first-order valence-electron chi connectivity index (χ1n) is 20.8. The summed E-state index contributed by atoms with van der Waals surface area (Å²) in [6.45, 7) is 30.0. The van der Waals surface area contributed by atoms with Crippen LogP contribution in [0.25, 0.3) is 0 Å². The molecular formula is C46H77NO3. The van der Waals surface area contributed by atoms with E-state index in [-0.39, 0.29) is 12.2 Å². The third kappa shape index (κ3) is 8.94. The zero-order valence-electron chi connectivity index (χ0n) is 34.1. The molecule has 0 spiro atoms. The summed E-state index contributed by atoms with van der Waals surface area (Å²) in [5.74, 6) is 3.89. The van der Waals surface area contributed by atoms with Gasteiger partial charge in [-0.05, 0) is 168 Å². The zero-order chi connectivity index (χ0) is 36.8. The Morgan fingerprint density at radius 2 is 1.78 bits per heavy atom. The predicted octanol–water partition coefficient (Wildman–Crippen LogP) is 11.2. The fourth-order valence-corrected chi connectivity index (χ4v) is 11.1. The van der Waals surface area contributed by atoms with E-state index in [0.717, 1.165) is 75.8 Å². The van der Waals surface area contributed by atoms with E-state index in [4.69, 9.17) is 4.74 Å². The van der Waals surface area contributed by atoms with Crippen LogP contribution in [0.5, 0.6) is 0 Å². The molecule has 3 saturated carbocycles. The van der Waals surface area contributed by atoms with Crippen molar-refractivity contribution in [2.75, 3.05) is 19.7 Å². The van der Waals surface area contributed by atoms with E-state index in [2.05, 4.69) is 105 Å². The van der Waals surface area contributed by atoms with E-state index in [9.17, 15) is 10.2 Å². The zero-order valence-corrected chi connectivity index (χ0v) is 34.1. The van der Waals surface area contributed by atoms with Crippen LogP contribution in [0.2, 0.25) is 0 Å². The first kappa shape index (κ1) is 41.1. The van der Waals surface area contributed by atoms with Crippen LogP contribution >= 0.6 is 0 Å². The van der Waals surface area contributed by atoms with Gasteiger partial charge >= 0.3 is 0 Å². The first-order chi connectivity index (χ1) is 23.7. The molecule has 0 aromatic rings. The van der Waals surface area contributed by atoms with Crippen molar-refractivity contribution in [3.63, 3.8) is 0 Å². The molecule has 0 aromatic heterocycles. The maximum Gasteiger partial charge on any atom is 0.0776 e. The van der Waals surface area contributed by atoms with Gasteiger partial charge in [-0.3, -0.25) is 0 Å². The smallest absolute Gasteiger partial charge is 0.0776 e. The van der Waals surface area contributed by atoms with Crippen molar-refractivity contribution in [1.29, 1.82) is 0 Å². The summed E-state index contributed by atoms with van der Waals surface area (Å²) in [7, 11) is 0. The Kier molecular flexibility index (Phi) is 14.8. The average molecular weight is 692 g/mol. The van der Waals surface area contributed by atoms with Crippen molar-refractivity contribution in [1.82, 2.24) is 4.90 Å². The van der Waals surface area contributed by atoms with Gasteiger partial charge in [-0.25, -0.2) is 0 Å². The van der Waals surface area contributed by atoms with Crippen LogP contribution in [0.1, 0.15) is 146 Å². The normalized spacial score (nSPS) is 34.2. The fraction of sp³-hybridized carbons (Fsp3) is 0.783. The molecule has 2 N–H and O–H groups in total. The lowest BCUT2D eigenvalue weighted by Crippen LogP contribution is -2.50. The van der Waals surface area contributed by atoms with Crippen LogP contribution in [-0.4, -0.2) is 53.1 Å². The molecule has 50 heavy (non-hydrogen) atoms. The van der Waals surface area contributed by atoms with Gasteiger partial charge in [-0.1, -0.05) is 77.5 Å². The summed E-state index contributed by atoms with van der Waals surface area (Å²) >= 11 is 0. The lowest BCUT2D eigenvalue weighted by Gasteiger charge is -2.58. The Bertz CT molecular complexity index is 1260. The van der Waals surface area contributed by atoms with E-state index in [1.165, 1.54) is 48.9 Å². The summed E-state index contributed by atoms with van der Waals surface area (Å²) < 4.78 is 6.43. The second-order valence-corrected chi connectivity index (χ2v) is 17.8. The van der Waals surface area contributed by atoms with Gasteiger partial charge in [0.25, 0.3) is 0 Å². The summed E-state index contributed by atoms with van der Waals surface area (Å²) in [6, 6.07) is 0. The van der Waals surface area contributed by atoms with E-state index in [0.29, 0.717) is 35.2 Å². The van der Waals surface area contributed by atoms with Crippen molar-refractivity contribution >= 4 is 0 Å². The van der Waals surface area contributed by atoms with Crippen LogP contribution in [0.15, 0.2) is 58.9 Å². The van der Waals surface area contributed by atoms with Gasteiger partial charge in [0.1, 0.15) is 0 Å². The predicted molar refractivity (Wildman–Crippen MR) is 213 cm³/mol. The van der Waals surface area contributed by atoms with Crippen LogP contribution < -0.4 is 0 Å². The largest absolute Gasteiger partial charge is 0.393 e. The Labute approximate surface area is 308 Å². The molecular weight excluding hydrogens is 615 g/mol. The van der Waals surface area contributed by atoms with Gasteiger partial charge in [0, 0.05) is 18.8 Å². The van der Waals surface area contributed by atoms with Gasteiger partial charge in [-0.15, -0.1) is 0 Å². The number of hydrogen-bond acceptors (Lipinski definition) is 4. The van der Waals surface area contributed by atoms with Crippen molar-refractivity contribution in [2.24, 2.45) is 46.3 Å². The molecule has 0 heterocycles. The number of rotatable bonds is 17. The minimum atomic E-state index is -0.449. The van der Waals surface area contributed by atoms with E-state index < -0.39 is 6.10 Å². The molecule has 4 heteroatoms. The van der Waals surface area contributed by atoms with Crippen molar-refractivity contribution in [3.05, 3.63) is 58.9 Å². The van der Waals surface area contributed by atoms with E-state index >= 15 is 0 Å². The Morgan fingerprint density at radius 1 is 1.04 bits per heavy atom. The molecule has 4 aliphatic rings. The highest BCUT2D eigenvalue weighted by Gasteiger charge is 2.58. The molecule has 0 radical (unpaired) electrons. The van der Waals surface area contributed by atoms with Gasteiger partial charge in [0.05, 0.1) is 24.9 Å². The molecule has 11 unspecified atom stereocenters. The van der Waals surface area contributed by atoms with Gasteiger partial charge in [0.15, 0.2) is 0 Å². The fourth-order valence-electron chi connectivity index (χ4n) is 11.1. The third-order valence-electron chi connectivity index (χ3n) is 14.9. The second kappa shape index (κ2) is 17.9. The topological polar surface area (TPSA) is 52.9 Å². The van der Waals surface area contributed by atoms with Crippen molar-refractivity contribution in [2.45, 2.75) is 165 Å². The molecule has 4 rings (SSSR count). The molecule has 0 bridgehead atoms. The molecule has 3 fully saturated rings. The van der Waals surface area contributed by atoms with Crippen LogP contribution in [-0.2, 0) is 4.74 Å². The van der Waals surface area contributed by atoms with Crippen molar-refractivity contribution in [3.8, 4) is 0 Å². The monoisotopic (exact) mass is 692 g/mol. The lowest BCUT2D eigenvalue weighted by atomic mass is 9.47. The number of hydrogen-bond donors (Lipinski definition) is 2.